The van der Waals surface area contributed by atoms with Gasteiger partial charge in [-0.15, -0.1) is 6.42 Å². The highest BCUT2D eigenvalue weighted by molar-refractivity contribution is 5.67. The number of terminal acetylenes is 1. The predicted octanol–water partition coefficient (Wildman–Crippen LogP) is 0.884. The van der Waals surface area contributed by atoms with E-state index < -0.39 is 12.2 Å². The quantitative estimate of drug-likeness (QED) is 0.240. The van der Waals surface area contributed by atoms with Gasteiger partial charge in [-0.05, 0) is 70.9 Å². The van der Waals surface area contributed by atoms with E-state index in [1.165, 1.54) is 0 Å². The second-order valence-electron chi connectivity index (χ2n) is 6.92. The molecule has 0 aliphatic heterocycles. The van der Waals surface area contributed by atoms with Gasteiger partial charge in [0.25, 0.3) is 0 Å². The Morgan fingerprint density at radius 3 is 2.44 bits per heavy atom. The largest absolute Gasteiger partial charge is 0.446 e. The Hall–Kier alpha value is -1.59. The summed E-state index contributed by atoms with van der Waals surface area (Å²) in [5.41, 5.74) is 6.96. The first-order valence-electron chi connectivity index (χ1n) is 9.98. The molecule has 0 saturated heterocycles. The molecular formula is C20H36N4O3. The first kappa shape index (κ1) is 23.4. The minimum atomic E-state index is -0.636. The van der Waals surface area contributed by atoms with Gasteiger partial charge in [0.1, 0.15) is 6.10 Å². The Morgan fingerprint density at radius 2 is 1.81 bits per heavy atom. The molecule has 0 heterocycles. The fourth-order valence-electron chi connectivity index (χ4n) is 2.94. The number of unbranched alkanes of at least 4 members (excludes halogenated alkanes) is 1. The topological polar surface area (TPSA) is 109 Å². The molecule has 0 unspecified atom stereocenters. The predicted molar refractivity (Wildman–Crippen MR) is 108 cm³/mol. The third-order valence-electron chi connectivity index (χ3n) is 4.66. The van der Waals surface area contributed by atoms with Gasteiger partial charge in [-0.25, -0.2) is 4.79 Å². The van der Waals surface area contributed by atoms with Crippen LogP contribution in [0, 0.1) is 12.3 Å². The van der Waals surface area contributed by atoms with Crippen LogP contribution in [0.3, 0.4) is 0 Å². The maximum Gasteiger partial charge on any atom is 0.407 e. The van der Waals surface area contributed by atoms with E-state index in [0.29, 0.717) is 19.4 Å². The van der Waals surface area contributed by atoms with Gasteiger partial charge in [-0.2, -0.15) is 0 Å². The lowest BCUT2D eigenvalue weighted by molar-refractivity contribution is 0.0572. The Bertz CT molecular complexity index is 502. The molecule has 154 valence electrons. The number of aliphatic hydroxyl groups excluding tert-OH is 1. The molecule has 0 aromatic rings. The van der Waals surface area contributed by atoms with Crippen molar-refractivity contribution in [1.29, 1.82) is 0 Å². The molecule has 0 aromatic carbocycles. The molecule has 6 N–H and O–H groups in total. The number of hydrogen-bond donors (Lipinski definition) is 5. The summed E-state index contributed by atoms with van der Waals surface area (Å²) in [6.07, 6.45) is 9.01. The molecule has 1 aliphatic rings. The zero-order valence-corrected chi connectivity index (χ0v) is 16.6. The highest BCUT2D eigenvalue weighted by Gasteiger charge is 2.27. The summed E-state index contributed by atoms with van der Waals surface area (Å²) in [5, 5.41) is 19.4. The minimum Gasteiger partial charge on any atom is -0.446 e. The third-order valence-corrected chi connectivity index (χ3v) is 4.66. The molecule has 0 radical (unpaired) electrons. The summed E-state index contributed by atoms with van der Waals surface area (Å²) in [5.74, 6) is 2.57. The van der Waals surface area contributed by atoms with Crippen molar-refractivity contribution in [2.24, 2.45) is 5.73 Å². The van der Waals surface area contributed by atoms with Crippen molar-refractivity contribution in [3.63, 3.8) is 0 Å². The second kappa shape index (κ2) is 14.5. The number of amides is 1. The lowest BCUT2D eigenvalue weighted by atomic mass is 9.89. The van der Waals surface area contributed by atoms with Crippen molar-refractivity contribution in [3.8, 4) is 12.3 Å². The minimum absolute atomic E-state index is 0.369. The summed E-state index contributed by atoms with van der Waals surface area (Å²) in [6.45, 7) is 6.96. The van der Waals surface area contributed by atoms with E-state index in [-0.39, 0.29) is 6.10 Å². The van der Waals surface area contributed by atoms with Crippen LogP contribution >= 0.6 is 0 Å². The molecule has 0 aromatic heterocycles. The van der Waals surface area contributed by atoms with Crippen LogP contribution in [0.25, 0.3) is 0 Å². The maximum atomic E-state index is 11.9. The van der Waals surface area contributed by atoms with Gasteiger partial charge < -0.3 is 31.5 Å². The van der Waals surface area contributed by atoms with Crippen LogP contribution in [-0.4, -0.2) is 62.7 Å². The van der Waals surface area contributed by atoms with Crippen molar-refractivity contribution in [3.05, 3.63) is 11.1 Å². The third kappa shape index (κ3) is 10.4. The number of aliphatic hydroxyl groups is 1. The fourth-order valence-corrected chi connectivity index (χ4v) is 2.94. The zero-order valence-electron chi connectivity index (χ0n) is 16.6. The van der Waals surface area contributed by atoms with Crippen molar-refractivity contribution in [1.82, 2.24) is 16.0 Å². The number of carbonyl (C=O) groups excluding carboxylic acids is 1. The molecule has 1 amide bonds. The van der Waals surface area contributed by atoms with E-state index in [0.717, 1.165) is 69.6 Å². The Labute approximate surface area is 163 Å². The van der Waals surface area contributed by atoms with Crippen LogP contribution in [-0.2, 0) is 4.74 Å². The Balaban J connectivity index is 1.98. The summed E-state index contributed by atoms with van der Waals surface area (Å²) in [4.78, 5) is 11.9. The number of hydrogen-bond acceptors (Lipinski definition) is 6. The van der Waals surface area contributed by atoms with Crippen molar-refractivity contribution in [2.75, 3.05) is 39.3 Å². The SMILES string of the molecule is C#CC1=C(C)[C@H](O)C[C@H](OC(=O)NCCCNCCCCNCCCN)C1. The van der Waals surface area contributed by atoms with Gasteiger partial charge in [0, 0.05) is 25.0 Å². The smallest absolute Gasteiger partial charge is 0.407 e. The first-order chi connectivity index (χ1) is 13.1. The summed E-state index contributed by atoms with van der Waals surface area (Å²) >= 11 is 0. The zero-order chi connectivity index (χ0) is 19.9. The van der Waals surface area contributed by atoms with Crippen LogP contribution in [0.5, 0.6) is 0 Å². The lowest BCUT2D eigenvalue weighted by Gasteiger charge is -2.27. The number of ether oxygens (including phenoxy) is 1. The second-order valence-corrected chi connectivity index (χ2v) is 6.92. The van der Waals surface area contributed by atoms with Crippen molar-refractivity contribution < 1.29 is 14.6 Å². The standard InChI is InChI=1S/C20H36N4O3/c1-3-17-14-18(15-19(25)16(17)2)27-20(26)24-13-7-12-23-10-5-4-9-22-11-6-8-21/h1,18-19,22-23,25H,4-15,21H2,2H3,(H,24,26)/t18-,19-/m1/s1. The number of alkyl carbamates (subject to hydrolysis) is 1. The average molecular weight is 381 g/mol. The molecule has 1 aliphatic carbocycles. The molecule has 0 saturated carbocycles. The van der Waals surface area contributed by atoms with Gasteiger partial charge in [0.05, 0.1) is 6.10 Å². The monoisotopic (exact) mass is 380 g/mol. The van der Waals surface area contributed by atoms with Crippen LogP contribution in [0.15, 0.2) is 11.1 Å². The summed E-state index contributed by atoms with van der Waals surface area (Å²) < 4.78 is 5.37. The van der Waals surface area contributed by atoms with Gasteiger partial charge in [-0.1, -0.05) is 5.92 Å². The molecule has 7 heteroatoms. The molecular weight excluding hydrogens is 344 g/mol. The fraction of sp³-hybridized carbons (Fsp3) is 0.750. The van der Waals surface area contributed by atoms with E-state index >= 15 is 0 Å². The van der Waals surface area contributed by atoms with Gasteiger partial charge in [0.15, 0.2) is 0 Å². The molecule has 0 bridgehead atoms. The molecule has 7 nitrogen and oxygen atoms in total. The van der Waals surface area contributed by atoms with Crippen LogP contribution in [0.2, 0.25) is 0 Å². The van der Waals surface area contributed by atoms with Gasteiger partial charge in [0.2, 0.25) is 0 Å². The number of nitrogens with two attached hydrogens (primary N) is 1. The Morgan fingerprint density at radius 1 is 1.19 bits per heavy atom. The molecule has 1 rings (SSSR count). The van der Waals surface area contributed by atoms with E-state index in [9.17, 15) is 9.90 Å². The summed E-state index contributed by atoms with van der Waals surface area (Å²) in [7, 11) is 0. The van der Waals surface area contributed by atoms with Crippen molar-refractivity contribution >= 4 is 6.09 Å². The average Bonchev–Trinajstić information content (AvgIpc) is 2.65. The van der Waals surface area contributed by atoms with Gasteiger partial charge >= 0.3 is 6.09 Å². The van der Waals surface area contributed by atoms with Crippen LogP contribution < -0.4 is 21.7 Å². The normalized spacial score (nSPS) is 19.6. The molecule has 2 atom stereocenters. The Kier molecular flexibility index (Phi) is 12.6. The van der Waals surface area contributed by atoms with E-state index in [2.05, 4.69) is 21.9 Å². The van der Waals surface area contributed by atoms with E-state index in [1.807, 2.05) is 6.92 Å². The molecule has 0 spiro atoms. The van der Waals surface area contributed by atoms with Crippen LogP contribution in [0.4, 0.5) is 4.79 Å². The van der Waals surface area contributed by atoms with E-state index in [4.69, 9.17) is 16.9 Å². The number of nitrogens with one attached hydrogen (secondary N) is 3. The highest BCUT2D eigenvalue weighted by Crippen LogP contribution is 2.26. The molecule has 27 heavy (non-hydrogen) atoms. The first-order valence-corrected chi connectivity index (χ1v) is 9.98. The number of rotatable bonds is 13. The lowest BCUT2D eigenvalue weighted by Crippen LogP contribution is -2.35. The molecule has 0 fully saturated rings. The van der Waals surface area contributed by atoms with E-state index in [1.54, 1.807) is 0 Å². The number of carbonyl (C=O) groups is 1. The van der Waals surface area contributed by atoms with Gasteiger partial charge in [-0.3, -0.25) is 0 Å². The maximum absolute atomic E-state index is 11.9. The van der Waals surface area contributed by atoms with Crippen LogP contribution in [0.1, 0.15) is 45.4 Å². The highest BCUT2D eigenvalue weighted by atomic mass is 16.6. The van der Waals surface area contributed by atoms with Crippen molar-refractivity contribution in [2.45, 2.75) is 57.7 Å². The summed E-state index contributed by atoms with van der Waals surface area (Å²) in [6, 6.07) is 0.